The number of hydrogen-bond acceptors (Lipinski definition) is 4. The number of aliphatic carboxylic acids is 1. The Bertz CT molecular complexity index is 406. The van der Waals surface area contributed by atoms with Gasteiger partial charge in [0.25, 0.3) is 5.91 Å². The summed E-state index contributed by atoms with van der Waals surface area (Å²) in [5, 5.41) is 9.53. The van der Waals surface area contributed by atoms with Crippen LogP contribution in [0.2, 0.25) is 0 Å². The highest BCUT2D eigenvalue weighted by molar-refractivity contribution is 5.96. The molecular weight excluding hydrogens is 250 g/mol. The third-order valence-electron chi connectivity index (χ3n) is 3.66. The van der Waals surface area contributed by atoms with Crippen molar-refractivity contribution in [1.82, 2.24) is 4.90 Å². The van der Waals surface area contributed by atoms with Crippen LogP contribution in [0.4, 0.5) is 0 Å². The Balaban J connectivity index is 2.23. The maximum absolute atomic E-state index is 12.4. The van der Waals surface area contributed by atoms with Crippen LogP contribution in [-0.2, 0) is 19.1 Å². The highest BCUT2D eigenvalue weighted by atomic mass is 16.6. The first kappa shape index (κ1) is 13.7. The van der Waals surface area contributed by atoms with Crippen molar-refractivity contribution in [2.75, 3.05) is 19.8 Å². The van der Waals surface area contributed by atoms with Crippen LogP contribution < -0.4 is 0 Å². The number of ether oxygens (including phenoxy) is 2. The molecule has 2 heterocycles. The van der Waals surface area contributed by atoms with Gasteiger partial charge in [0.1, 0.15) is 25.0 Å². The molecule has 2 aliphatic rings. The van der Waals surface area contributed by atoms with E-state index in [2.05, 4.69) is 0 Å². The normalized spacial score (nSPS) is 26.4. The number of carboxylic acid groups (broad SMARTS) is 1. The zero-order valence-electron chi connectivity index (χ0n) is 11.1. The molecule has 1 fully saturated rings. The molecule has 1 N–H and O–H groups in total. The topological polar surface area (TPSA) is 76.1 Å². The molecule has 0 aromatic carbocycles. The van der Waals surface area contributed by atoms with Crippen molar-refractivity contribution in [1.29, 1.82) is 0 Å². The average molecular weight is 269 g/mol. The Labute approximate surface area is 112 Å². The number of likely N-dealkylation sites (tertiary alicyclic amines) is 1. The van der Waals surface area contributed by atoms with E-state index >= 15 is 0 Å². The van der Waals surface area contributed by atoms with Crippen molar-refractivity contribution in [2.24, 2.45) is 0 Å². The van der Waals surface area contributed by atoms with Gasteiger partial charge in [0.05, 0.1) is 0 Å². The van der Waals surface area contributed by atoms with E-state index in [-0.39, 0.29) is 11.7 Å². The fourth-order valence-electron chi connectivity index (χ4n) is 2.79. The second-order valence-electron chi connectivity index (χ2n) is 4.85. The Kier molecular flexibility index (Phi) is 3.97. The van der Waals surface area contributed by atoms with Crippen molar-refractivity contribution in [3.8, 4) is 0 Å². The molecule has 2 aliphatic heterocycles. The average Bonchev–Trinajstić information content (AvgIpc) is 2.84. The number of rotatable bonds is 4. The first-order valence-corrected chi connectivity index (χ1v) is 6.62. The second kappa shape index (κ2) is 5.50. The first-order chi connectivity index (χ1) is 9.12. The minimum atomic E-state index is -1.09. The van der Waals surface area contributed by atoms with Crippen LogP contribution in [0.15, 0.2) is 12.0 Å². The van der Waals surface area contributed by atoms with Gasteiger partial charge in [-0.25, -0.2) is 4.79 Å². The van der Waals surface area contributed by atoms with Gasteiger partial charge >= 0.3 is 5.97 Å². The van der Waals surface area contributed by atoms with Gasteiger partial charge in [-0.1, -0.05) is 13.3 Å². The lowest BCUT2D eigenvalue weighted by atomic mass is 9.90. The van der Waals surface area contributed by atoms with E-state index in [0.29, 0.717) is 45.4 Å². The molecule has 1 unspecified atom stereocenters. The monoisotopic (exact) mass is 269 g/mol. The molecule has 0 saturated carbocycles. The summed E-state index contributed by atoms with van der Waals surface area (Å²) in [5.41, 5.74) is -1.09. The Hall–Kier alpha value is -1.72. The summed E-state index contributed by atoms with van der Waals surface area (Å²) >= 11 is 0. The summed E-state index contributed by atoms with van der Waals surface area (Å²) in [6, 6.07) is 0. The van der Waals surface area contributed by atoms with Gasteiger partial charge in [-0.2, -0.15) is 0 Å². The van der Waals surface area contributed by atoms with E-state index < -0.39 is 11.5 Å². The molecule has 6 nitrogen and oxygen atoms in total. The van der Waals surface area contributed by atoms with E-state index in [1.807, 2.05) is 6.92 Å². The molecule has 2 rings (SSSR count). The van der Waals surface area contributed by atoms with E-state index in [4.69, 9.17) is 9.47 Å². The van der Waals surface area contributed by atoms with Crippen molar-refractivity contribution < 1.29 is 24.2 Å². The standard InChI is InChI=1S/C13H19NO5/c1-2-4-13(12(16)17)5-3-6-14(13)11(15)10-9-18-7-8-19-10/h9H,2-8H2,1H3,(H,16,17). The van der Waals surface area contributed by atoms with Crippen LogP contribution in [0.5, 0.6) is 0 Å². The van der Waals surface area contributed by atoms with Gasteiger partial charge in [0.2, 0.25) is 5.76 Å². The molecule has 1 atom stereocenters. The van der Waals surface area contributed by atoms with Gasteiger partial charge in [-0.05, 0) is 19.3 Å². The third-order valence-corrected chi connectivity index (χ3v) is 3.66. The van der Waals surface area contributed by atoms with Gasteiger partial charge in [0, 0.05) is 6.54 Å². The minimum Gasteiger partial charge on any atom is -0.494 e. The van der Waals surface area contributed by atoms with Crippen LogP contribution in [0.25, 0.3) is 0 Å². The van der Waals surface area contributed by atoms with Gasteiger partial charge in [-0.3, -0.25) is 4.79 Å². The molecule has 6 heteroatoms. The molecule has 0 radical (unpaired) electrons. The Morgan fingerprint density at radius 1 is 1.47 bits per heavy atom. The van der Waals surface area contributed by atoms with Crippen molar-refractivity contribution in [3.63, 3.8) is 0 Å². The largest absolute Gasteiger partial charge is 0.494 e. The number of amides is 1. The van der Waals surface area contributed by atoms with Gasteiger partial charge in [0.15, 0.2) is 0 Å². The van der Waals surface area contributed by atoms with Crippen LogP contribution in [0.1, 0.15) is 32.6 Å². The molecule has 0 bridgehead atoms. The summed E-state index contributed by atoms with van der Waals surface area (Å²) in [6.07, 6.45) is 3.65. The molecule has 0 aliphatic carbocycles. The van der Waals surface area contributed by atoms with E-state index in [0.717, 1.165) is 0 Å². The third kappa shape index (κ3) is 2.39. The van der Waals surface area contributed by atoms with Crippen LogP contribution >= 0.6 is 0 Å². The predicted octanol–water partition coefficient (Wildman–Crippen LogP) is 1.12. The first-order valence-electron chi connectivity index (χ1n) is 6.62. The number of carbonyl (C=O) groups is 2. The molecular formula is C13H19NO5. The maximum atomic E-state index is 12.4. The van der Waals surface area contributed by atoms with Crippen molar-refractivity contribution in [2.45, 2.75) is 38.1 Å². The zero-order chi connectivity index (χ0) is 13.9. The fourth-order valence-corrected chi connectivity index (χ4v) is 2.79. The quantitative estimate of drug-likeness (QED) is 0.827. The minimum absolute atomic E-state index is 0.106. The summed E-state index contributed by atoms with van der Waals surface area (Å²) in [6.45, 7) is 3.10. The Morgan fingerprint density at radius 2 is 2.26 bits per heavy atom. The number of hydrogen-bond donors (Lipinski definition) is 1. The highest BCUT2D eigenvalue weighted by Crippen LogP contribution is 2.35. The van der Waals surface area contributed by atoms with E-state index in [1.54, 1.807) is 0 Å². The highest BCUT2D eigenvalue weighted by Gasteiger charge is 2.50. The van der Waals surface area contributed by atoms with Crippen molar-refractivity contribution >= 4 is 11.9 Å². The summed E-state index contributed by atoms with van der Waals surface area (Å²) in [5.74, 6) is -1.21. The zero-order valence-corrected chi connectivity index (χ0v) is 11.1. The lowest BCUT2D eigenvalue weighted by molar-refractivity contribution is -0.157. The van der Waals surface area contributed by atoms with Gasteiger partial charge in [-0.15, -0.1) is 0 Å². The van der Waals surface area contributed by atoms with E-state index in [1.165, 1.54) is 11.2 Å². The summed E-state index contributed by atoms with van der Waals surface area (Å²) < 4.78 is 10.3. The maximum Gasteiger partial charge on any atom is 0.329 e. The Morgan fingerprint density at radius 3 is 2.84 bits per heavy atom. The number of carboxylic acids is 1. The molecule has 0 spiro atoms. The predicted molar refractivity (Wildman–Crippen MR) is 66.2 cm³/mol. The van der Waals surface area contributed by atoms with E-state index in [9.17, 15) is 14.7 Å². The van der Waals surface area contributed by atoms with Crippen molar-refractivity contribution in [3.05, 3.63) is 12.0 Å². The molecule has 19 heavy (non-hydrogen) atoms. The number of nitrogens with zero attached hydrogens (tertiary/aromatic N) is 1. The fraction of sp³-hybridized carbons (Fsp3) is 0.692. The lowest BCUT2D eigenvalue weighted by Crippen LogP contribution is -2.53. The summed E-state index contributed by atoms with van der Waals surface area (Å²) in [4.78, 5) is 25.4. The van der Waals surface area contributed by atoms with Crippen LogP contribution in [-0.4, -0.2) is 47.2 Å². The van der Waals surface area contributed by atoms with Crippen LogP contribution in [0, 0.1) is 0 Å². The summed E-state index contributed by atoms with van der Waals surface area (Å²) in [7, 11) is 0. The van der Waals surface area contributed by atoms with Gasteiger partial charge < -0.3 is 19.5 Å². The molecule has 0 aromatic heterocycles. The molecule has 1 amide bonds. The second-order valence-corrected chi connectivity index (χ2v) is 4.85. The molecule has 0 aromatic rings. The number of carbonyl (C=O) groups excluding carboxylic acids is 1. The smallest absolute Gasteiger partial charge is 0.329 e. The molecule has 1 saturated heterocycles. The van der Waals surface area contributed by atoms with Crippen LogP contribution in [0.3, 0.4) is 0 Å². The lowest BCUT2D eigenvalue weighted by Gasteiger charge is -2.35. The molecule has 106 valence electrons. The SMILES string of the molecule is CCCC1(C(=O)O)CCCN1C(=O)C1=COCCO1.